The summed E-state index contributed by atoms with van der Waals surface area (Å²) in [7, 11) is 0. The molecular formula is C34H20B2O4. The van der Waals surface area contributed by atoms with Crippen LogP contribution in [0.15, 0.2) is 127 Å². The molecular weight excluding hydrogens is 494 g/mol. The van der Waals surface area contributed by atoms with Crippen molar-refractivity contribution in [1.82, 2.24) is 0 Å². The van der Waals surface area contributed by atoms with Gasteiger partial charge in [-0.3, -0.25) is 0 Å². The van der Waals surface area contributed by atoms with Crippen molar-refractivity contribution in [3.8, 4) is 34.5 Å². The molecule has 186 valence electrons. The van der Waals surface area contributed by atoms with Gasteiger partial charge in [-0.25, -0.2) is 0 Å². The molecule has 6 heteroatoms. The smallest absolute Gasteiger partial charge is 0.261 e. The number of hydrogen-bond acceptors (Lipinski definition) is 4. The highest BCUT2D eigenvalue weighted by atomic mass is 16.5. The molecule has 5 aromatic carbocycles. The first kappa shape index (κ1) is 21.8. The van der Waals surface area contributed by atoms with Crippen LogP contribution < -0.4 is 46.3 Å². The molecule has 4 heterocycles. The number of ether oxygens (including phenoxy) is 4. The lowest BCUT2D eigenvalue weighted by atomic mass is 9.33. The third kappa shape index (κ3) is 2.77. The minimum Gasteiger partial charge on any atom is -0.459 e. The molecule has 4 nitrogen and oxygen atoms in total. The summed E-state index contributed by atoms with van der Waals surface area (Å²) in [6.07, 6.45) is 1.75. The van der Waals surface area contributed by atoms with E-state index in [1.807, 2.05) is 48.5 Å². The van der Waals surface area contributed by atoms with Gasteiger partial charge < -0.3 is 18.9 Å². The van der Waals surface area contributed by atoms with Crippen molar-refractivity contribution in [3.63, 3.8) is 0 Å². The SMILES string of the molecule is C=CC1=C2B(c3ccccc3OC2=C)c2cc3ccc4c(c3cc2O1)B1c2ccccc2Oc2cccc(c21)O4. The Bertz CT molecular complexity index is 2010. The molecule has 0 saturated carbocycles. The van der Waals surface area contributed by atoms with Gasteiger partial charge >= 0.3 is 0 Å². The molecule has 0 N–H and O–H groups in total. The Labute approximate surface area is 231 Å². The maximum atomic E-state index is 6.54. The predicted molar refractivity (Wildman–Crippen MR) is 161 cm³/mol. The van der Waals surface area contributed by atoms with Gasteiger partial charge in [0, 0.05) is 10.9 Å². The first-order valence-corrected chi connectivity index (χ1v) is 13.4. The molecule has 40 heavy (non-hydrogen) atoms. The topological polar surface area (TPSA) is 36.9 Å². The lowest BCUT2D eigenvalue weighted by Crippen LogP contribution is -2.57. The van der Waals surface area contributed by atoms with Crippen LogP contribution in [0.5, 0.6) is 34.5 Å². The number of hydrogen-bond donors (Lipinski definition) is 0. The third-order valence-electron chi connectivity index (χ3n) is 8.46. The monoisotopic (exact) mass is 514 g/mol. The molecule has 0 aromatic heterocycles. The molecule has 0 atom stereocenters. The van der Waals surface area contributed by atoms with E-state index in [1.165, 1.54) is 0 Å². The Balaban J connectivity index is 1.32. The first-order valence-electron chi connectivity index (χ1n) is 13.4. The zero-order chi connectivity index (χ0) is 26.5. The summed E-state index contributed by atoms with van der Waals surface area (Å²) < 4.78 is 25.5. The Hall–Kier alpha value is -5.09. The minimum absolute atomic E-state index is 0.0289. The van der Waals surface area contributed by atoms with Crippen LogP contribution >= 0.6 is 0 Å². The fourth-order valence-electron chi connectivity index (χ4n) is 6.81. The highest BCUT2D eigenvalue weighted by Gasteiger charge is 2.43. The predicted octanol–water partition coefficient (Wildman–Crippen LogP) is 4.45. The third-order valence-corrected chi connectivity index (χ3v) is 8.46. The number of para-hydroxylation sites is 2. The van der Waals surface area contributed by atoms with E-state index in [0.717, 1.165) is 78.1 Å². The van der Waals surface area contributed by atoms with Gasteiger partial charge in [0.2, 0.25) is 0 Å². The van der Waals surface area contributed by atoms with Crippen LogP contribution in [0.25, 0.3) is 10.8 Å². The van der Waals surface area contributed by atoms with E-state index in [9.17, 15) is 0 Å². The van der Waals surface area contributed by atoms with Gasteiger partial charge in [0.1, 0.15) is 46.0 Å². The second-order valence-corrected chi connectivity index (χ2v) is 10.5. The summed E-state index contributed by atoms with van der Waals surface area (Å²) in [5.74, 6) is 6.25. The summed E-state index contributed by atoms with van der Waals surface area (Å²) in [5.41, 5.74) is 6.39. The quantitative estimate of drug-likeness (QED) is 0.304. The van der Waals surface area contributed by atoms with Gasteiger partial charge in [-0.2, -0.15) is 0 Å². The molecule has 0 unspecified atom stereocenters. The fraction of sp³-hybridized carbons (Fsp3) is 0. The van der Waals surface area contributed by atoms with Crippen LogP contribution in [0.3, 0.4) is 0 Å². The molecule has 4 aliphatic heterocycles. The van der Waals surface area contributed by atoms with Crippen molar-refractivity contribution in [1.29, 1.82) is 0 Å². The summed E-state index contributed by atoms with van der Waals surface area (Å²) >= 11 is 0. The van der Waals surface area contributed by atoms with Crippen LogP contribution in [0.4, 0.5) is 0 Å². The zero-order valence-corrected chi connectivity index (χ0v) is 21.4. The summed E-state index contributed by atoms with van der Waals surface area (Å²) in [6.45, 7) is 8.18. The van der Waals surface area contributed by atoms with E-state index >= 15 is 0 Å². The number of allylic oxidation sites excluding steroid dienone is 2. The van der Waals surface area contributed by atoms with Crippen molar-refractivity contribution in [2.45, 2.75) is 0 Å². The standard InChI is InChI=1S/C34H20B2O4/c1-3-25-32-19(2)37-26-11-6-4-9-22(26)35(32)24-17-20-15-16-30-33(21(20)18-31(24)38-25)36-23-10-5-7-12-27(23)39-28-13-8-14-29(40-30)34(28)36/h3-18H,1-2H2. The van der Waals surface area contributed by atoms with Crippen molar-refractivity contribution in [2.24, 2.45) is 0 Å². The molecule has 5 aromatic rings. The van der Waals surface area contributed by atoms with E-state index in [4.69, 9.17) is 18.9 Å². The number of rotatable bonds is 1. The average Bonchev–Trinajstić information content (AvgIpc) is 2.99. The van der Waals surface area contributed by atoms with Gasteiger partial charge in [-0.05, 0) is 75.1 Å². The summed E-state index contributed by atoms with van der Waals surface area (Å²) in [5, 5.41) is 2.20. The fourth-order valence-corrected chi connectivity index (χ4v) is 6.81. The van der Waals surface area contributed by atoms with Crippen LogP contribution in [0.2, 0.25) is 0 Å². The average molecular weight is 514 g/mol. The lowest BCUT2D eigenvalue weighted by molar-refractivity contribution is 0.412. The molecule has 0 spiro atoms. The Morgan fingerprint density at radius 2 is 1.20 bits per heavy atom. The van der Waals surface area contributed by atoms with E-state index in [-0.39, 0.29) is 13.4 Å². The molecule has 0 amide bonds. The molecule has 0 radical (unpaired) electrons. The molecule has 0 fully saturated rings. The number of benzene rings is 5. The van der Waals surface area contributed by atoms with Gasteiger partial charge in [-0.1, -0.05) is 67.8 Å². The van der Waals surface area contributed by atoms with Crippen LogP contribution in [-0.4, -0.2) is 13.4 Å². The Kier molecular flexibility index (Phi) is 4.22. The Morgan fingerprint density at radius 3 is 1.98 bits per heavy atom. The van der Waals surface area contributed by atoms with Crippen LogP contribution in [0.1, 0.15) is 0 Å². The van der Waals surface area contributed by atoms with Crippen molar-refractivity contribution in [3.05, 3.63) is 127 Å². The Morgan fingerprint density at radius 1 is 0.550 bits per heavy atom. The van der Waals surface area contributed by atoms with Gasteiger partial charge in [0.15, 0.2) is 0 Å². The normalized spacial score (nSPS) is 15.2. The van der Waals surface area contributed by atoms with E-state index in [1.54, 1.807) is 6.08 Å². The van der Waals surface area contributed by atoms with E-state index < -0.39 is 0 Å². The summed E-state index contributed by atoms with van der Waals surface area (Å²) in [6, 6.07) is 31.1. The van der Waals surface area contributed by atoms with E-state index in [0.29, 0.717) is 11.5 Å². The van der Waals surface area contributed by atoms with Crippen molar-refractivity contribution >= 4 is 51.5 Å². The second kappa shape index (κ2) is 7.73. The first-order chi connectivity index (χ1) is 19.7. The number of fused-ring (bicyclic) bond motifs is 11. The largest absolute Gasteiger partial charge is 0.459 e. The zero-order valence-electron chi connectivity index (χ0n) is 21.4. The highest BCUT2D eigenvalue weighted by molar-refractivity contribution is 6.99. The summed E-state index contributed by atoms with van der Waals surface area (Å²) in [4.78, 5) is 0. The molecule has 4 aliphatic rings. The highest BCUT2D eigenvalue weighted by Crippen LogP contribution is 2.39. The maximum absolute atomic E-state index is 6.54. The molecule has 0 saturated heterocycles. The maximum Gasteiger partial charge on any atom is 0.261 e. The lowest BCUT2D eigenvalue weighted by Gasteiger charge is -2.35. The van der Waals surface area contributed by atoms with Gasteiger partial charge in [0.05, 0.1) is 0 Å². The molecule has 0 bridgehead atoms. The molecule has 9 rings (SSSR count). The van der Waals surface area contributed by atoms with Gasteiger partial charge in [-0.15, -0.1) is 0 Å². The van der Waals surface area contributed by atoms with Crippen molar-refractivity contribution in [2.75, 3.05) is 0 Å². The van der Waals surface area contributed by atoms with Gasteiger partial charge in [0.25, 0.3) is 13.4 Å². The van der Waals surface area contributed by atoms with E-state index in [2.05, 4.69) is 55.6 Å². The molecule has 0 aliphatic carbocycles. The van der Waals surface area contributed by atoms with Crippen LogP contribution in [0, 0.1) is 0 Å². The second-order valence-electron chi connectivity index (χ2n) is 10.5. The minimum atomic E-state index is -0.0676. The van der Waals surface area contributed by atoms with Crippen LogP contribution in [-0.2, 0) is 0 Å². The van der Waals surface area contributed by atoms with Crippen molar-refractivity contribution < 1.29 is 18.9 Å².